The predicted octanol–water partition coefficient (Wildman–Crippen LogP) is 4.71. The molecule has 0 amide bonds. The van der Waals surface area contributed by atoms with Crippen LogP contribution in [0.3, 0.4) is 0 Å². The Morgan fingerprint density at radius 2 is 1.70 bits per heavy atom. The summed E-state index contributed by atoms with van der Waals surface area (Å²) in [5, 5.41) is 22.7. The summed E-state index contributed by atoms with van der Waals surface area (Å²) in [6, 6.07) is 7.93. The van der Waals surface area contributed by atoms with Crippen molar-refractivity contribution in [2.75, 3.05) is 6.61 Å². The van der Waals surface area contributed by atoms with Crippen molar-refractivity contribution in [1.82, 2.24) is 0 Å². The monoisotopic (exact) mass is 365 g/mol. The topological polar surface area (TPSA) is 75.7 Å². The van der Waals surface area contributed by atoms with E-state index < -0.39 is 5.79 Å². The minimum Gasteiger partial charge on any atom is -0.366 e. The number of halogens is 1. The zero-order valence-electron chi connectivity index (χ0n) is 14.7. The molecule has 0 spiro atoms. The third-order valence-corrected chi connectivity index (χ3v) is 3.29. The van der Waals surface area contributed by atoms with Gasteiger partial charge in [-0.2, -0.15) is 0 Å². The second-order valence-corrected chi connectivity index (χ2v) is 6.08. The van der Waals surface area contributed by atoms with E-state index in [-0.39, 0.29) is 0 Å². The molecule has 0 aliphatic carbocycles. The fraction of sp³-hybridized carbons (Fsp3) is 0.647. The number of rotatable bonds is 7. The maximum absolute atomic E-state index is 8.38. The SMILES string of the molecule is CCC.CCC(C)(O)O.NSOCCCCc1ccccc1Cl. The first kappa shape index (κ1) is 24.9. The highest BCUT2D eigenvalue weighted by Gasteiger charge is 2.08. The molecule has 6 heteroatoms. The van der Waals surface area contributed by atoms with Gasteiger partial charge in [-0.1, -0.05) is 57.0 Å². The van der Waals surface area contributed by atoms with Gasteiger partial charge in [-0.3, -0.25) is 5.14 Å². The fourth-order valence-corrected chi connectivity index (χ4v) is 1.67. The van der Waals surface area contributed by atoms with Crippen LogP contribution in [0.15, 0.2) is 24.3 Å². The molecule has 1 aromatic carbocycles. The largest absolute Gasteiger partial charge is 0.366 e. The first-order valence-electron chi connectivity index (χ1n) is 7.98. The van der Waals surface area contributed by atoms with Crippen molar-refractivity contribution in [3.05, 3.63) is 34.9 Å². The lowest BCUT2D eigenvalue weighted by molar-refractivity contribution is -0.145. The van der Waals surface area contributed by atoms with Crippen molar-refractivity contribution in [3.63, 3.8) is 0 Å². The number of unbranched alkanes of at least 4 members (excludes halogenated alkanes) is 1. The van der Waals surface area contributed by atoms with Crippen LogP contribution in [0.5, 0.6) is 0 Å². The van der Waals surface area contributed by atoms with Crippen molar-refractivity contribution in [2.24, 2.45) is 5.14 Å². The van der Waals surface area contributed by atoms with Gasteiger partial charge in [0.1, 0.15) is 0 Å². The van der Waals surface area contributed by atoms with Gasteiger partial charge in [0.15, 0.2) is 5.79 Å². The zero-order valence-corrected chi connectivity index (χ0v) is 16.3. The molecule has 0 aliphatic heterocycles. The molecule has 4 N–H and O–H groups in total. The van der Waals surface area contributed by atoms with Gasteiger partial charge >= 0.3 is 0 Å². The molecule has 1 rings (SSSR count). The van der Waals surface area contributed by atoms with Crippen LogP contribution >= 0.6 is 23.8 Å². The summed E-state index contributed by atoms with van der Waals surface area (Å²) in [4.78, 5) is 0. The molecule has 0 radical (unpaired) electrons. The van der Waals surface area contributed by atoms with Crippen LogP contribution in [0.2, 0.25) is 5.02 Å². The van der Waals surface area contributed by atoms with Gasteiger partial charge in [-0.25, -0.2) is 0 Å². The third-order valence-electron chi connectivity index (χ3n) is 2.62. The van der Waals surface area contributed by atoms with Gasteiger partial charge < -0.3 is 14.4 Å². The molecule has 0 saturated heterocycles. The van der Waals surface area contributed by atoms with Crippen molar-refractivity contribution >= 4 is 23.8 Å². The van der Waals surface area contributed by atoms with Crippen LogP contribution in [0, 0.1) is 0 Å². The van der Waals surface area contributed by atoms with Crippen LogP contribution in [-0.2, 0) is 10.6 Å². The van der Waals surface area contributed by atoms with Crippen LogP contribution in [0.4, 0.5) is 0 Å². The van der Waals surface area contributed by atoms with Crippen molar-refractivity contribution in [2.45, 2.75) is 65.6 Å². The number of hydrogen-bond donors (Lipinski definition) is 3. The molecular weight excluding hydrogens is 334 g/mol. The maximum Gasteiger partial charge on any atom is 0.159 e. The van der Waals surface area contributed by atoms with Crippen LogP contribution in [0.25, 0.3) is 0 Å². The molecule has 0 unspecified atom stereocenters. The number of benzene rings is 1. The van der Waals surface area contributed by atoms with E-state index >= 15 is 0 Å². The van der Waals surface area contributed by atoms with E-state index in [1.807, 2.05) is 18.2 Å². The lowest BCUT2D eigenvalue weighted by Gasteiger charge is -2.10. The number of nitrogens with two attached hydrogens (primary N) is 1. The Kier molecular flexibility index (Phi) is 18.0. The van der Waals surface area contributed by atoms with Gasteiger partial charge in [0.25, 0.3) is 0 Å². The molecule has 0 fully saturated rings. The van der Waals surface area contributed by atoms with E-state index in [9.17, 15) is 0 Å². The van der Waals surface area contributed by atoms with Gasteiger partial charge in [0.05, 0.1) is 18.8 Å². The molecular formula is C17H32ClNO3S. The Balaban J connectivity index is 0. The fourth-order valence-electron chi connectivity index (χ4n) is 1.23. The highest BCUT2D eigenvalue weighted by atomic mass is 35.5. The summed E-state index contributed by atoms with van der Waals surface area (Å²) >= 11 is 6.93. The molecule has 1 aromatic rings. The first-order valence-corrected chi connectivity index (χ1v) is 9.17. The van der Waals surface area contributed by atoms with Crippen LogP contribution < -0.4 is 5.14 Å². The van der Waals surface area contributed by atoms with Gasteiger partial charge in [-0.05, 0) is 44.2 Å². The van der Waals surface area contributed by atoms with Crippen molar-refractivity contribution in [1.29, 1.82) is 0 Å². The summed E-state index contributed by atoms with van der Waals surface area (Å²) in [5.41, 5.74) is 1.20. The van der Waals surface area contributed by atoms with E-state index in [0.717, 1.165) is 36.5 Å². The van der Waals surface area contributed by atoms with E-state index in [1.54, 1.807) is 6.92 Å². The molecule has 0 aromatic heterocycles. The smallest absolute Gasteiger partial charge is 0.159 e. The van der Waals surface area contributed by atoms with Gasteiger partial charge in [0, 0.05) is 5.02 Å². The molecule has 0 heterocycles. The molecule has 0 aliphatic rings. The summed E-state index contributed by atoms with van der Waals surface area (Å²) in [7, 11) is 0. The summed E-state index contributed by atoms with van der Waals surface area (Å²) in [6.45, 7) is 8.01. The van der Waals surface area contributed by atoms with Crippen molar-refractivity contribution < 1.29 is 14.4 Å². The second kappa shape index (κ2) is 16.6. The normalized spacial score (nSPS) is 10.3. The number of hydrogen-bond acceptors (Lipinski definition) is 5. The van der Waals surface area contributed by atoms with Gasteiger partial charge in [-0.15, -0.1) is 0 Å². The van der Waals surface area contributed by atoms with E-state index in [1.165, 1.54) is 18.9 Å². The second-order valence-electron chi connectivity index (χ2n) is 5.24. The Labute approximate surface area is 150 Å². The highest BCUT2D eigenvalue weighted by molar-refractivity contribution is 7.92. The summed E-state index contributed by atoms with van der Waals surface area (Å²) in [6.07, 6.45) is 4.71. The van der Waals surface area contributed by atoms with E-state index in [2.05, 4.69) is 19.9 Å². The first-order chi connectivity index (χ1) is 10.8. The minimum atomic E-state index is -1.46. The molecule has 0 atom stereocenters. The lowest BCUT2D eigenvalue weighted by atomic mass is 10.1. The molecule has 0 bridgehead atoms. The number of aliphatic hydroxyl groups is 2. The quantitative estimate of drug-likeness (QED) is 0.282. The average molecular weight is 366 g/mol. The Morgan fingerprint density at radius 3 is 2.13 bits per heavy atom. The van der Waals surface area contributed by atoms with Gasteiger partial charge in [0.2, 0.25) is 0 Å². The molecule has 4 nitrogen and oxygen atoms in total. The van der Waals surface area contributed by atoms with E-state index in [0.29, 0.717) is 13.0 Å². The molecule has 0 saturated carbocycles. The van der Waals surface area contributed by atoms with Crippen molar-refractivity contribution in [3.8, 4) is 0 Å². The highest BCUT2D eigenvalue weighted by Crippen LogP contribution is 2.17. The summed E-state index contributed by atoms with van der Waals surface area (Å²) in [5.74, 6) is -1.46. The Bertz CT molecular complexity index is 373. The average Bonchev–Trinajstić information content (AvgIpc) is 2.49. The zero-order chi connectivity index (χ0) is 18.1. The van der Waals surface area contributed by atoms with Crippen LogP contribution in [0.1, 0.15) is 58.9 Å². The lowest BCUT2D eigenvalue weighted by Crippen LogP contribution is -2.20. The summed E-state index contributed by atoms with van der Waals surface area (Å²) < 4.78 is 4.96. The van der Waals surface area contributed by atoms with E-state index in [4.69, 9.17) is 31.1 Å². The maximum atomic E-state index is 8.38. The minimum absolute atomic E-state index is 0.382. The number of aryl methyl sites for hydroxylation is 1. The molecule has 136 valence electrons. The predicted molar refractivity (Wildman–Crippen MR) is 101 cm³/mol. The van der Waals surface area contributed by atoms with Crippen LogP contribution in [-0.4, -0.2) is 22.6 Å². The molecule has 23 heavy (non-hydrogen) atoms. The Morgan fingerprint density at radius 1 is 1.17 bits per heavy atom. The Hall–Kier alpha value is -0.300. The third kappa shape index (κ3) is 19.7. The standard InChI is InChI=1S/C10H14ClNOS.C4H10O2.C3H8/c11-10-7-2-1-5-9(10)6-3-4-8-13-14-12;1-3-4(2,5)6;1-3-2/h1-2,5,7H,3-4,6,8,12H2;5-6H,3H2,1-2H3;3H2,1-2H3.